The van der Waals surface area contributed by atoms with Crippen LogP contribution in [-0.4, -0.2) is 74.0 Å². The SMILES string of the molecule is CNCCN(C)C(=O)c1ccc2c(c1)C(=O)N(CC1CCCO1)C2=O.Cl. The molecular formula is C18H24ClN3O4. The van der Waals surface area contributed by atoms with Gasteiger partial charge in [-0.25, -0.2) is 0 Å². The third-order valence-corrected chi connectivity index (χ3v) is 4.67. The van der Waals surface area contributed by atoms with Gasteiger partial charge in [0.15, 0.2) is 0 Å². The lowest BCUT2D eigenvalue weighted by Gasteiger charge is -2.18. The topological polar surface area (TPSA) is 79.0 Å². The Morgan fingerprint density at radius 1 is 1.31 bits per heavy atom. The fourth-order valence-electron chi connectivity index (χ4n) is 3.18. The van der Waals surface area contributed by atoms with Crippen LogP contribution in [0.3, 0.4) is 0 Å². The summed E-state index contributed by atoms with van der Waals surface area (Å²) in [6.07, 6.45) is 1.72. The van der Waals surface area contributed by atoms with E-state index in [-0.39, 0.29) is 42.8 Å². The van der Waals surface area contributed by atoms with Gasteiger partial charge in [-0.15, -0.1) is 12.4 Å². The van der Waals surface area contributed by atoms with Crippen LogP contribution in [0.5, 0.6) is 0 Å². The molecule has 2 aliphatic heterocycles. The molecule has 0 spiro atoms. The molecule has 3 rings (SSSR count). The second-order valence-electron chi connectivity index (χ2n) is 6.45. The molecule has 0 saturated carbocycles. The number of carbonyl (C=O) groups is 3. The minimum atomic E-state index is -0.344. The summed E-state index contributed by atoms with van der Waals surface area (Å²) < 4.78 is 5.53. The van der Waals surface area contributed by atoms with Gasteiger partial charge in [0.2, 0.25) is 0 Å². The summed E-state index contributed by atoms with van der Waals surface area (Å²) in [7, 11) is 3.53. The van der Waals surface area contributed by atoms with Crippen molar-refractivity contribution in [3.05, 3.63) is 34.9 Å². The number of carbonyl (C=O) groups excluding carboxylic acids is 3. The highest BCUT2D eigenvalue weighted by atomic mass is 35.5. The number of amides is 3. The highest BCUT2D eigenvalue weighted by Crippen LogP contribution is 2.26. The molecule has 2 aliphatic rings. The Balaban J connectivity index is 0.00000243. The van der Waals surface area contributed by atoms with Gasteiger partial charge < -0.3 is 15.0 Å². The third kappa shape index (κ3) is 3.90. The van der Waals surface area contributed by atoms with Crippen molar-refractivity contribution >= 4 is 30.1 Å². The van der Waals surface area contributed by atoms with Gasteiger partial charge in [0.05, 0.1) is 23.8 Å². The van der Waals surface area contributed by atoms with Gasteiger partial charge in [0.25, 0.3) is 17.7 Å². The average molecular weight is 382 g/mol. The summed E-state index contributed by atoms with van der Waals surface area (Å²) in [6.45, 7) is 2.19. The van der Waals surface area contributed by atoms with Crippen molar-refractivity contribution in [1.82, 2.24) is 15.1 Å². The van der Waals surface area contributed by atoms with Gasteiger partial charge >= 0.3 is 0 Å². The zero-order chi connectivity index (χ0) is 18.0. The maximum atomic E-state index is 12.6. The first kappa shape index (κ1) is 20.4. The standard InChI is InChI=1S/C18H23N3O4.ClH/c1-19-7-8-20(2)16(22)12-5-6-14-15(10-12)18(24)21(17(14)23)11-13-4-3-9-25-13;/h5-6,10,13,19H,3-4,7-9,11H2,1-2H3;1H. The van der Waals surface area contributed by atoms with Crippen molar-refractivity contribution in [1.29, 1.82) is 0 Å². The Bertz CT molecular complexity index is 704. The van der Waals surface area contributed by atoms with E-state index in [1.165, 1.54) is 11.0 Å². The van der Waals surface area contributed by atoms with Gasteiger partial charge in [-0.1, -0.05) is 0 Å². The molecule has 8 heteroatoms. The molecule has 1 saturated heterocycles. The Morgan fingerprint density at radius 3 is 2.69 bits per heavy atom. The maximum Gasteiger partial charge on any atom is 0.261 e. The molecule has 0 bridgehead atoms. The van der Waals surface area contributed by atoms with E-state index in [2.05, 4.69) is 5.32 Å². The van der Waals surface area contributed by atoms with Crippen LogP contribution in [0, 0.1) is 0 Å². The van der Waals surface area contributed by atoms with E-state index in [1.54, 1.807) is 24.1 Å². The first-order valence-electron chi connectivity index (χ1n) is 8.55. The van der Waals surface area contributed by atoms with E-state index in [1.807, 2.05) is 7.05 Å². The van der Waals surface area contributed by atoms with Gasteiger partial charge in [-0.05, 0) is 38.1 Å². The second kappa shape index (κ2) is 8.62. The number of hydrogen-bond donors (Lipinski definition) is 1. The number of likely N-dealkylation sites (N-methyl/N-ethyl adjacent to an activating group) is 2. The van der Waals surface area contributed by atoms with Crippen molar-refractivity contribution < 1.29 is 19.1 Å². The Labute approximate surface area is 159 Å². The minimum absolute atomic E-state index is 0. The summed E-state index contributed by atoms with van der Waals surface area (Å²) in [5.74, 6) is -0.822. The Hall–Kier alpha value is -1.96. The molecule has 142 valence electrons. The molecule has 1 aromatic rings. The van der Waals surface area contributed by atoms with Crippen molar-refractivity contribution in [3.63, 3.8) is 0 Å². The van der Waals surface area contributed by atoms with Crippen LogP contribution in [0.4, 0.5) is 0 Å². The van der Waals surface area contributed by atoms with Crippen LogP contribution in [-0.2, 0) is 4.74 Å². The first-order chi connectivity index (χ1) is 12.0. The molecule has 2 heterocycles. The highest BCUT2D eigenvalue weighted by Gasteiger charge is 2.38. The van der Waals surface area contributed by atoms with E-state index in [0.717, 1.165) is 12.8 Å². The van der Waals surface area contributed by atoms with Crippen LogP contribution in [0.1, 0.15) is 43.9 Å². The lowest BCUT2D eigenvalue weighted by molar-refractivity contribution is 0.0475. The number of ether oxygens (including phenoxy) is 1. The fraction of sp³-hybridized carbons (Fsp3) is 0.500. The summed E-state index contributed by atoms with van der Waals surface area (Å²) in [5.41, 5.74) is 1.07. The van der Waals surface area contributed by atoms with Gasteiger partial charge in [-0.3, -0.25) is 19.3 Å². The van der Waals surface area contributed by atoms with E-state index in [0.29, 0.717) is 36.4 Å². The minimum Gasteiger partial charge on any atom is -0.376 e. The number of fused-ring (bicyclic) bond motifs is 1. The molecule has 0 aliphatic carbocycles. The molecule has 1 aromatic carbocycles. The predicted molar refractivity (Wildman–Crippen MR) is 98.9 cm³/mol. The van der Waals surface area contributed by atoms with Crippen molar-refractivity contribution in [2.24, 2.45) is 0 Å². The molecule has 1 N–H and O–H groups in total. The van der Waals surface area contributed by atoms with Crippen LogP contribution >= 0.6 is 12.4 Å². The highest BCUT2D eigenvalue weighted by molar-refractivity contribution is 6.22. The van der Waals surface area contributed by atoms with E-state index in [4.69, 9.17) is 4.74 Å². The molecular weight excluding hydrogens is 358 g/mol. The zero-order valence-electron chi connectivity index (χ0n) is 15.0. The fourth-order valence-corrected chi connectivity index (χ4v) is 3.18. The number of hydrogen-bond acceptors (Lipinski definition) is 5. The Morgan fingerprint density at radius 2 is 2.04 bits per heavy atom. The molecule has 26 heavy (non-hydrogen) atoms. The van der Waals surface area contributed by atoms with Crippen molar-refractivity contribution in [2.45, 2.75) is 18.9 Å². The van der Waals surface area contributed by atoms with Crippen LogP contribution in [0.25, 0.3) is 0 Å². The predicted octanol–water partition coefficient (Wildman–Crippen LogP) is 1.17. The molecule has 1 atom stereocenters. The average Bonchev–Trinajstić information content (AvgIpc) is 3.22. The molecule has 0 aromatic heterocycles. The van der Waals surface area contributed by atoms with Crippen molar-refractivity contribution in [2.75, 3.05) is 40.3 Å². The summed E-state index contributed by atoms with van der Waals surface area (Å²) >= 11 is 0. The van der Waals surface area contributed by atoms with E-state index >= 15 is 0 Å². The number of rotatable bonds is 6. The molecule has 1 fully saturated rings. The number of benzene rings is 1. The summed E-state index contributed by atoms with van der Waals surface area (Å²) in [4.78, 5) is 40.4. The quantitative estimate of drug-likeness (QED) is 0.748. The van der Waals surface area contributed by atoms with Crippen LogP contribution in [0.2, 0.25) is 0 Å². The number of halogens is 1. The first-order valence-corrected chi connectivity index (χ1v) is 8.55. The van der Waals surface area contributed by atoms with Crippen molar-refractivity contribution in [3.8, 4) is 0 Å². The normalized spacial score (nSPS) is 18.7. The van der Waals surface area contributed by atoms with E-state index in [9.17, 15) is 14.4 Å². The molecule has 0 radical (unpaired) electrons. The molecule has 1 unspecified atom stereocenters. The summed E-state index contributed by atoms with van der Waals surface area (Å²) in [6, 6.07) is 4.71. The lowest BCUT2D eigenvalue weighted by Crippen LogP contribution is -2.36. The molecule has 3 amide bonds. The second-order valence-corrected chi connectivity index (χ2v) is 6.45. The zero-order valence-corrected chi connectivity index (χ0v) is 15.8. The van der Waals surface area contributed by atoms with Gasteiger partial charge in [0, 0.05) is 32.3 Å². The smallest absolute Gasteiger partial charge is 0.261 e. The van der Waals surface area contributed by atoms with Gasteiger partial charge in [0.1, 0.15) is 0 Å². The lowest BCUT2D eigenvalue weighted by atomic mass is 10.0. The maximum absolute atomic E-state index is 12.6. The summed E-state index contributed by atoms with van der Waals surface area (Å²) in [5, 5.41) is 2.99. The third-order valence-electron chi connectivity index (χ3n) is 4.67. The van der Waals surface area contributed by atoms with E-state index < -0.39 is 0 Å². The number of nitrogens with zero attached hydrogens (tertiary/aromatic N) is 2. The Kier molecular flexibility index (Phi) is 6.75. The van der Waals surface area contributed by atoms with Crippen LogP contribution < -0.4 is 5.32 Å². The number of imide groups is 1. The van der Waals surface area contributed by atoms with Gasteiger partial charge in [-0.2, -0.15) is 0 Å². The molecule has 7 nitrogen and oxygen atoms in total. The van der Waals surface area contributed by atoms with Crippen LogP contribution in [0.15, 0.2) is 18.2 Å². The monoisotopic (exact) mass is 381 g/mol. The number of nitrogens with one attached hydrogen (secondary N) is 1. The largest absolute Gasteiger partial charge is 0.376 e.